The summed E-state index contributed by atoms with van der Waals surface area (Å²) in [6.07, 6.45) is 5.06. The molecule has 1 aliphatic rings. The minimum Gasteiger partial charge on any atom is -0.454 e. The van der Waals surface area contributed by atoms with Gasteiger partial charge in [-0.2, -0.15) is 0 Å². The Bertz CT molecular complexity index is 1000. The number of aromatic nitrogens is 2. The number of nitrogen functional groups attached to an aromatic ring is 1. The molecule has 1 amide bonds. The summed E-state index contributed by atoms with van der Waals surface area (Å²) in [5.41, 5.74) is 13.0. The summed E-state index contributed by atoms with van der Waals surface area (Å²) in [5.74, 6) is 0.626. The van der Waals surface area contributed by atoms with Gasteiger partial charge < -0.3 is 16.2 Å². The van der Waals surface area contributed by atoms with Crippen molar-refractivity contribution < 1.29 is 13.9 Å². The number of halogens is 1. The second-order valence-corrected chi connectivity index (χ2v) is 6.91. The van der Waals surface area contributed by atoms with Crippen LogP contribution in [0.15, 0.2) is 54.9 Å². The van der Waals surface area contributed by atoms with Crippen LogP contribution < -0.4 is 16.2 Å². The lowest BCUT2D eigenvalue weighted by molar-refractivity contribution is 0.100. The van der Waals surface area contributed by atoms with Crippen LogP contribution in [0.4, 0.5) is 10.2 Å². The molecule has 142 valence electrons. The third-order valence-corrected chi connectivity index (χ3v) is 5.04. The first-order chi connectivity index (χ1) is 13.5. The van der Waals surface area contributed by atoms with E-state index in [9.17, 15) is 9.18 Å². The molecule has 1 heterocycles. The number of primary amides is 1. The SMILES string of the molecule is NC(=O)c1ccc(Oc2ccc(C3CC(c4cnc(N)cn4)C3)cc2F)cc1. The normalized spacial score (nSPS) is 18.3. The van der Waals surface area contributed by atoms with E-state index < -0.39 is 11.7 Å². The third kappa shape index (κ3) is 3.64. The molecule has 0 bridgehead atoms. The molecule has 0 radical (unpaired) electrons. The van der Waals surface area contributed by atoms with E-state index >= 15 is 0 Å². The van der Waals surface area contributed by atoms with Crippen molar-refractivity contribution in [1.82, 2.24) is 9.97 Å². The van der Waals surface area contributed by atoms with Gasteiger partial charge in [0, 0.05) is 11.5 Å². The highest BCUT2D eigenvalue weighted by atomic mass is 19.1. The average Bonchev–Trinajstić information content (AvgIpc) is 2.64. The van der Waals surface area contributed by atoms with Gasteiger partial charge in [-0.05, 0) is 60.7 Å². The van der Waals surface area contributed by atoms with Crippen molar-refractivity contribution in [3.05, 3.63) is 77.5 Å². The number of hydrogen-bond donors (Lipinski definition) is 2. The van der Waals surface area contributed by atoms with Crippen molar-refractivity contribution in [3.8, 4) is 11.5 Å². The highest BCUT2D eigenvalue weighted by molar-refractivity contribution is 5.92. The van der Waals surface area contributed by atoms with Gasteiger partial charge in [-0.25, -0.2) is 9.37 Å². The molecule has 0 aliphatic heterocycles. The van der Waals surface area contributed by atoms with Crippen LogP contribution in [0.2, 0.25) is 0 Å². The number of hydrogen-bond acceptors (Lipinski definition) is 5. The Morgan fingerprint density at radius 2 is 1.79 bits per heavy atom. The van der Waals surface area contributed by atoms with E-state index in [2.05, 4.69) is 9.97 Å². The van der Waals surface area contributed by atoms with Crippen LogP contribution in [-0.4, -0.2) is 15.9 Å². The number of anilines is 1. The molecule has 0 unspecified atom stereocenters. The zero-order valence-electron chi connectivity index (χ0n) is 15.0. The average molecular weight is 378 g/mol. The summed E-state index contributed by atoms with van der Waals surface area (Å²) in [5, 5.41) is 0. The molecule has 1 aromatic heterocycles. The number of nitrogens with two attached hydrogens (primary N) is 2. The lowest BCUT2D eigenvalue weighted by Crippen LogP contribution is -2.21. The van der Waals surface area contributed by atoms with Gasteiger partial charge in [0.2, 0.25) is 5.91 Å². The first-order valence-electron chi connectivity index (χ1n) is 8.94. The van der Waals surface area contributed by atoms with E-state index in [-0.39, 0.29) is 11.7 Å². The van der Waals surface area contributed by atoms with Gasteiger partial charge in [0.15, 0.2) is 11.6 Å². The number of benzene rings is 2. The van der Waals surface area contributed by atoms with Crippen molar-refractivity contribution in [1.29, 1.82) is 0 Å². The molecule has 7 heteroatoms. The summed E-state index contributed by atoms with van der Waals surface area (Å²) in [6.45, 7) is 0. The maximum absolute atomic E-state index is 14.5. The molecule has 28 heavy (non-hydrogen) atoms. The van der Waals surface area contributed by atoms with Gasteiger partial charge in [0.1, 0.15) is 11.6 Å². The lowest BCUT2D eigenvalue weighted by Gasteiger charge is -2.35. The fourth-order valence-electron chi connectivity index (χ4n) is 3.36. The van der Waals surface area contributed by atoms with Gasteiger partial charge in [-0.3, -0.25) is 9.78 Å². The van der Waals surface area contributed by atoms with E-state index in [1.165, 1.54) is 6.07 Å². The summed E-state index contributed by atoms with van der Waals surface area (Å²) in [6, 6.07) is 11.3. The highest BCUT2D eigenvalue weighted by Crippen LogP contribution is 2.47. The molecular formula is C21H19FN4O2. The molecule has 1 saturated carbocycles. The minimum atomic E-state index is -0.522. The quantitative estimate of drug-likeness (QED) is 0.704. The first-order valence-corrected chi connectivity index (χ1v) is 8.94. The van der Waals surface area contributed by atoms with E-state index in [1.807, 2.05) is 6.07 Å². The second kappa shape index (κ2) is 7.26. The fraction of sp³-hybridized carbons (Fsp3) is 0.190. The zero-order valence-corrected chi connectivity index (χ0v) is 15.0. The van der Waals surface area contributed by atoms with Crippen LogP contribution in [-0.2, 0) is 0 Å². The summed E-state index contributed by atoms with van der Waals surface area (Å²) < 4.78 is 20.1. The Hall–Kier alpha value is -3.48. The van der Waals surface area contributed by atoms with Crippen molar-refractivity contribution in [2.24, 2.45) is 5.73 Å². The lowest BCUT2D eigenvalue weighted by atomic mass is 9.70. The fourth-order valence-corrected chi connectivity index (χ4v) is 3.36. The predicted octanol–water partition coefficient (Wildman–Crippen LogP) is 3.75. The first kappa shape index (κ1) is 17.9. The number of carbonyl (C=O) groups is 1. The summed E-state index contributed by atoms with van der Waals surface area (Å²) >= 11 is 0. The molecule has 4 N–H and O–H groups in total. The highest BCUT2D eigenvalue weighted by Gasteiger charge is 2.33. The number of ether oxygens (including phenoxy) is 1. The van der Waals surface area contributed by atoms with E-state index in [1.54, 1.807) is 42.7 Å². The van der Waals surface area contributed by atoms with Gasteiger partial charge in [0.05, 0.1) is 18.1 Å². The molecular weight excluding hydrogens is 359 g/mol. The second-order valence-electron chi connectivity index (χ2n) is 6.91. The van der Waals surface area contributed by atoms with Crippen LogP contribution in [0, 0.1) is 5.82 Å². The number of nitrogens with zero attached hydrogens (tertiary/aromatic N) is 2. The topological polar surface area (TPSA) is 104 Å². The summed E-state index contributed by atoms with van der Waals surface area (Å²) in [7, 11) is 0. The maximum atomic E-state index is 14.5. The largest absolute Gasteiger partial charge is 0.454 e. The van der Waals surface area contributed by atoms with Crippen molar-refractivity contribution >= 4 is 11.7 Å². The molecule has 3 aromatic rings. The van der Waals surface area contributed by atoms with Crippen LogP contribution in [0.1, 0.15) is 46.3 Å². The van der Waals surface area contributed by atoms with Gasteiger partial charge in [0.25, 0.3) is 0 Å². The number of carbonyl (C=O) groups excluding carboxylic acids is 1. The Morgan fingerprint density at radius 3 is 2.39 bits per heavy atom. The van der Waals surface area contributed by atoms with Crippen LogP contribution >= 0.6 is 0 Å². The molecule has 6 nitrogen and oxygen atoms in total. The van der Waals surface area contributed by atoms with Crippen molar-refractivity contribution in [2.45, 2.75) is 24.7 Å². The van der Waals surface area contributed by atoms with E-state index in [0.29, 0.717) is 23.0 Å². The van der Waals surface area contributed by atoms with Gasteiger partial charge >= 0.3 is 0 Å². The molecule has 0 saturated heterocycles. The molecule has 0 spiro atoms. The smallest absolute Gasteiger partial charge is 0.248 e. The molecule has 2 aromatic carbocycles. The van der Waals surface area contributed by atoms with E-state index in [4.69, 9.17) is 16.2 Å². The number of rotatable bonds is 5. The van der Waals surface area contributed by atoms with Gasteiger partial charge in [-0.15, -0.1) is 0 Å². The predicted molar refractivity (Wildman–Crippen MR) is 103 cm³/mol. The molecule has 1 fully saturated rings. The van der Waals surface area contributed by atoms with Crippen molar-refractivity contribution in [3.63, 3.8) is 0 Å². The monoisotopic (exact) mass is 378 g/mol. The molecule has 1 aliphatic carbocycles. The Kier molecular flexibility index (Phi) is 4.65. The third-order valence-electron chi connectivity index (χ3n) is 5.04. The Labute approximate surface area is 161 Å². The summed E-state index contributed by atoms with van der Waals surface area (Å²) in [4.78, 5) is 19.5. The Balaban J connectivity index is 1.41. The van der Waals surface area contributed by atoms with Crippen LogP contribution in [0.5, 0.6) is 11.5 Å². The maximum Gasteiger partial charge on any atom is 0.248 e. The van der Waals surface area contributed by atoms with Gasteiger partial charge in [-0.1, -0.05) is 6.07 Å². The van der Waals surface area contributed by atoms with E-state index in [0.717, 1.165) is 24.1 Å². The molecule has 0 atom stereocenters. The molecule has 4 rings (SSSR count). The van der Waals surface area contributed by atoms with Crippen LogP contribution in [0.25, 0.3) is 0 Å². The standard InChI is InChI=1S/C21H19FN4O2/c22-17-9-13(14-7-15(8-14)18-10-26-20(23)11-25-18)3-6-19(17)28-16-4-1-12(2-5-16)21(24)27/h1-6,9-11,14-15H,7-8H2,(H2,23,26)(H2,24,27). The zero-order chi connectivity index (χ0) is 19.7. The Morgan fingerprint density at radius 1 is 1.04 bits per heavy atom. The van der Waals surface area contributed by atoms with Crippen LogP contribution in [0.3, 0.4) is 0 Å². The number of amides is 1. The minimum absolute atomic E-state index is 0.135. The van der Waals surface area contributed by atoms with Crippen molar-refractivity contribution in [2.75, 3.05) is 5.73 Å².